The van der Waals surface area contributed by atoms with E-state index in [0.29, 0.717) is 18.0 Å². The molecule has 0 spiro atoms. The third-order valence-electron chi connectivity index (χ3n) is 5.30. The van der Waals surface area contributed by atoms with E-state index in [0.717, 1.165) is 24.2 Å². The third-order valence-corrected chi connectivity index (χ3v) is 6.57. The molecule has 4 rings (SSSR count). The van der Waals surface area contributed by atoms with E-state index in [1.54, 1.807) is 7.11 Å². The van der Waals surface area contributed by atoms with Crippen molar-refractivity contribution in [2.75, 3.05) is 24.8 Å². The number of methoxy groups -OCH3 is 1. The van der Waals surface area contributed by atoms with Crippen molar-refractivity contribution >= 4 is 23.5 Å². The van der Waals surface area contributed by atoms with Gasteiger partial charge in [0.25, 0.3) is 5.56 Å². The number of ether oxygens (including phenoxy) is 2. The first kappa shape index (κ1) is 19.1. The Balaban J connectivity index is 1.80. The molecule has 1 fully saturated rings. The van der Waals surface area contributed by atoms with Crippen LogP contribution in [0, 0.1) is 0 Å². The number of hydrogen-bond donors (Lipinski definition) is 2. The van der Waals surface area contributed by atoms with Crippen molar-refractivity contribution in [3.05, 3.63) is 45.7 Å². The number of hydrogen-bond acceptors (Lipinski definition) is 5. The van der Waals surface area contributed by atoms with Crippen LogP contribution in [0.25, 0.3) is 0 Å². The quantitative estimate of drug-likeness (QED) is 0.823. The molecule has 2 N–H and O–H groups in total. The first-order valence-electron chi connectivity index (χ1n) is 9.42. The van der Waals surface area contributed by atoms with Crippen LogP contribution in [-0.2, 0) is 9.53 Å². The van der Waals surface area contributed by atoms with Gasteiger partial charge in [0.05, 0.1) is 35.3 Å². The van der Waals surface area contributed by atoms with Gasteiger partial charge in [0.2, 0.25) is 5.91 Å². The molecule has 2 atom stereocenters. The maximum absolute atomic E-state index is 13.0. The van der Waals surface area contributed by atoms with Gasteiger partial charge < -0.3 is 14.8 Å². The largest absolute Gasteiger partial charge is 0.497 e. The average Bonchev–Trinajstić information content (AvgIpc) is 2.87. The zero-order valence-electron chi connectivity index (χ0n) is 16.3. The molecule has 3 heterocycles. The maximum Gasteiger partial charge on any atom is 0.270 e. The molecule has 8 heteroatoms. The summed E-state index contributed by atoms with van der Waals surface area (Å²) in [5.41, 5.74) is 1.10. The van der Waals surface area contributed by atoms with Crippen molar-refractivity contribution in [3.8, 4) is 5.75 Å². The molecule has 0 saturated carbocycles. The standard InChI is InChI=1S/C20H25N3O4S/c1-20(2)10-13(7-8-27-20)23-18-16(19(25)22-23)17(28-11-15(24)21-18)12-5-4-6-14(9-12)26-3/h4-6,9,13,17H,7-8,10-11H2,1-3H3,(H,21,24)(H,22,25)/t13-,17+/m0/s1. The number of carbonyl (C=O) groups is 1. The molecule has 0 unspecified atom stereocenters. The fourth-order valence-electron chi connectivity index (χ4n) is 4.01. The van der Waals surface area contributed by atoms with Crippen LogP contribution < -0.4 is 15.6 Å². The Morgan fingerprint density at radius 1 is 1.32 bits per heavy atom. The number of thioether (sulfide) groups is 1. The smallest absolute Gasteiger partial charge is 0.270 e. The lowest BCUT2D eigenvalue weighted by molar-refractivity contribution is -0.113. The Morgan fingerprint density at radius 2 is 2.14 bits per heavy atom. The summed E-state index contributed by atoms with van der Waals surface area (Å²) in [4.78, 5) is 25.4. The minimum atomic E-state index is -0.271. The van der Waals surface area contributed by atoms with Crippen LogP contribution in [-0.4, -0.2) is 40.8 Å². The minimum absolute atomic E-state index is 0.0644. The van der Waals surface area contributed by atoms with Crippen LogP contribution in [0.2, 0.25) is 0 Å². The van der Waals surface area contributed by atoms with Gasteiger partial charge in [-0.1, -0.05) is 12.1 Å². The Labute approximate surface area is 167 Å². The topological polar surface area (TPSA) is 85.4 Å². The summed E-state index contributed by atoms with van der Waals surface area (Å²) in [6, 6.07) is 7.73. The number of nitrogens with one attached hydrogen (secondary N) is 2. The second-order valence-electron chi connectivity index (χ2n) is 7.84. The van der Waals surface area contributed by atoms with Crippen molar-refractivity contribution < 1.29 is 14.3 Å². The second kappa shape index (κ2) is 7.33. The van der Waals surface area contributed by atoms with Crippen LogP contribution in [0.1, 0.15) is 49.1 Å². The molecule has 0 bridgehead atoms. The maximum atomic E-state index is 13.0. The van der Waals surface area contributed by atoms with Crippen LogP contribution in [0.3, 0.4) is 0 Å². The van der Waals surface area contributed by atoms with Gasteiger partial charge in [-0.2, -0.15) is 0 Å². The van der Waals surface area contributed by atoms with Gasteiger partial charge in [0.1, 0.15) is 11.6 Å². The summed E-state index contributed by atoms with van der Waals surface area (Å²) >= 11 is 1.46. The summed E-state index contributed by atoms with van der Waals surface area (Å²) in [6.45, 7) is 4.72. The predicted molar refractivity (Wildman–Crippen MR) is 109 cm³/mol. The number of rotatable bonds is 3. The van der Waals surface area contributed by atoms with E-state index in [1.807, 2.05) is 42.8 Å². The summed E-state index contributed by atoms with van der Waals surface area (Å²) in [6.07, 6.45) is 1.55. The number of H-pyrrole nitrogens is 1. The monoisotopic (exact) mass is 403 g/mol. The van der Waals surface area contributed by atoms with Gasteiger partial charge in [-0.25, -0.2) is 0 Å². The van der Waals surface area contributed by atoms with Crippen LogP contribution in [0.5, 0.6) is 5.75 Å². The lowest BCUT2D eigenvalue weighted by Crippen LogP contribution is -2.36. The van der Waals surface area contributed by atoms with E-state index in [2.05, 4.69) is 10.4 Å². The number of carbonyl (C=O) groups excluding carboxylic acids is 1. The van der Waals surface area contributed by atoms with Gasteiger partial charge in [0, 0.05) is 6.61 Å². The molecule has 150 valence electrons. The van der Waals surface area contributed by atoms with Crippen molar-refractivity contribution in [2.24, 2.45) is 0 Å². The summed E-state index contributed by atoms with van der Waals surface area (Å²) in [7, 11) is 1.62. The van der Waals surface area contributed by atoms with Crippen molar-refractivity contribution in [1.82, 2.24) is 9.78 Å². The van der Waals surface area contributed by atoms with Gasteiger partial charge in [0.15, 0.2) is 0 Å². The highest BCUT2D eigenvalue weighted by atomic mass is 32.2. The Kier molecular flexibility index (Phi) is 5.01. The molecule has 1 aromatic carbocycles. The molecular weight excluding hydrogens is 378 g/mol. The molecule has 1 saturated heterocycles. The van der Waals surface area contributed by atoms with Crippen molar-refractivity contribution in [3.63, 3.8) is 0 Å². The first-order valence-corrected chi connectivity index (χ1v) is 10.5. The number of aromatic amines is 1. The highest BCUT2D eigenvalue weighted by Gasteiger charge is 2.36. The number of nitrogens with zero attached hydrogens (tertiary/aromatic N) is 1. The third kappa shape index (κ3) is 3.58. The molecule has 1 aromatic heterocycles. The Hall–Kier alpha value is -2.19. The average molecular weight is 404 g/mol. The summed E-state index contributed by atoms with van der Waals surface area (Å²) < 4.78 is 13.0. The van der Waals surface area contributed by atoms with Gasteiger partial charge in [-0.15, -0.1) is 11.8 Å². The zero-order chi connectivity index (χ0) is 19.9. The SMILES string of the molecule is COc1cccc([C@H]2SCC(=O)Nc3c2c(=O)[nH]n3[C@H]2CCOC(C)(C)C2)c1. The highest BCUT2D eigenvalue weighted by molar-refractivity contribution is 8.00. The van der Waals surface area contributed by atoms with E-state index < -0.39 is 0 Å². The predicted octanol–water partition coefficient (Wildman–Crippen LogP) is 3.09. The van der Waals surface area contributed by atoms with E-state index in [1.165, 1.54) is 11.8 Å². The van der Waals surface area contributed by atoms with E-state index in [-0.39, 0.29) is 34.1 Å². The second-order valence-corrected chi connectivity index (χ2v) is 8.94. The first-order chi connectivity index (χ1) is 13.4. The number of amides is 1. The lowest BCUT2D eigenvalue weighted by atomic mass is 9.94. The van der Waals surface area contributed by atoms with E-state index in [4.69, 9.17) is 9.47 Å². The summed E-state index contributed by atoms with van der Waals surface area (Å²) in [5, 5.41) is 5.70. The van der Waals surface area contributed by atoms with Crippen molar-refractivity contribution in [2.45, 2.75) is 43.6 Å². The molecular formula is C20H25N3O4S. The molecule has 2 aliphatic rings. The Morgan fingerprint density at radius 3 is 2.89 bits per heavy atom. The summed E-state index contributed by atoms with van der Waals surface area (Å²) in [5.74, 6) is 1.49. The van der Waals surface area contributed by atoms with E-state index >= 15 is 0 Å². The molecule has 2 aliphatic heterocycles. The lowest BCUT2D eigenvalue weighted by Gasteiger charge is -2.36. The van der Waals surface area contributed by atoms with Crippen molar-refractivity contribution in [1.29, 1.82) is 0 Å². The molecule has 0 radical (unpaired) electrons. The van der Waals surface area contributed by atoms with Crippen LogP contribution in [0.15, 0.2) is 29.1 Å². The minimum Gasteiger partial charge on any atom is -0.497 e. The number of aromatic nitrogens is 2. The number of fused-ring (bicyclic) bond motifs is 1. The fraction of sp³-hybridized carbons (Fsp3) is 0.500. The number of benzene rings is 1. The van der Waals surface area contributed by atoms with Crippen LogP contribution >= 0.6 is 11.8 Å². The number of anilines is 1. The highest BCUT2D eigenvalue weighted by Crippen LogP contribution is 2.42. The molecule has 0 aliphatic carbocycles. The van der Waals surface area contributed by atoms with Gasteiger partial charge in [-0.05, 0) is 44.4 Å². The Bertz CT molecular complexity index is 949. The zero-order valence-corrected chi connectivity index (χ0v) is 17.1. The molecule has 28 heavy (non-hydrogen) atoms. The normalized spacial score (nSPS) is 24.2. The van der Waals surface area contributed by atoms with E-state index in [9.17, 15) is 9.59 Å². The molecule has 2 aromatic rings. The van der Waals surface area contributed by atoms with Gasteiger partial charge >= 0.3 is 0 Å². The fourth-order valence-corrected chi connectivity index (χ4v) is 5.12. The molecule has 1 amide bonds. The van der Waals surface area contributed by atoms with Crippen LogP contribution in [0.4, 0.5) is 5.82 Å². The van der Waals surface area contributed by atoms with Gasteiger partial charge in [-0.3, -0.25) is 19.4 Å². The molecule has 7 nitrogen and oxygen atoms in total.